The van der Waals surface area contributed by atoms with E-state index < -0.39 is 17.8 Å². The van der Waals surface area contributed by atoms with Crippen LogP contribution in [0.15, 0.2) is 66.9 Å². The van der Waals surface area contributed by atoms with Gasteiger partial charge in [0.25, 0.3) is 0 Å². The highest BCUT2D eigenvalue weighted by atomic mass is 19.4. The molecule has 2 heterocycles. The Morgan fingerprint density at radius 2 is 1.72 bits per heavy atom. The molecule has 4 rings (SSSR count). The average molecular weight is 436 g/mol. The number of amides is 2. The Labute approximate surface area is 180 Å². The van der Waals surface area contributed by atoms with E-state index in [-0.39, 0.29) is 5.69 Å². The minimum Gasteiger partial charge on any atom is -0.382 e. The van der Waals surface area contributed by atoms with Gasteiger partial charge < -0.3 is 16.4 Å². The van der Waals surface area contributed by atoms with Crippen molar-refractivity contribution in [3.63, 3.8) is 0 Å². The van der Waals surface area contributed by atoms with Crippen molar-refractivity contribution < 1.29 is 18.0 Å². The monoisotopic (exact) mass is 436 g/mol. The van der Waals surface area contributed by atoms with Gasteiger partial charge in [-0.1, -0.05) is 12.0 Å². The van der Waals surface area contributed by atoms with Crippen molar-refractivity contribution in [3.05, 3.63) is 83.7 Å². The smallest absolute Gasteiger partial charge is 0.382 e. The number of nitrogens with two attached hydrogens (primary N) is 1. The van der Waals surface area contributed by atoms with Gasteiger partial charge in [-0.3, -0.25) is 0 Å². The fourth-order valence-corrected chi connectivity index (χ4v) is 2.81. The summed E-state index contributed by atoms with van der Waals surface area (Å²) in [7, 11) is 0. The first-order valence-corrected chi connectivity index (χ1v) is 9.25. The maximum absolute atomic E-state index is 12.8. The van der Waals surface area contributed by atoms with Gasteiger partial charge in [0.15, 0.2) is 5.65 Å². The molecule has 2 amide bonds. The lowest BCUT2D eigenvalue weighted by Crippen LogP contribution is -2.19. The Morgan fingerprint density at radius 1 is 0.969 bits per heavy atom. The van der Waals surface area contributed by atoms with E-state index in [1.165, 1.54) is 16.6 Å². The number of nitrogens with zero attached hydrogens (tertiary/aromatic N) is 3. The standard InChI is InChI=1S/C22H15F3N6O/c23-22(24,25)15-2-1-3-18(12-15)28-21(32)27-16-7-4-14(5-8-16)6-9-17-10-11-20-29-19(26)13-31(20)30-17/h1-5,7-8,10-13H,26H2,(H2,27,28,32). The van der Waals surface area contributed by atoms with Gasteiger partial charge in [-0.2, -0.15) is 18.3 Å². The fourth-order valence-electron chi connectivity index (χ4n) is 2.81. The highest BCUT2D eigenvalue weighted by Crippen LogP contribution is 2.30. The number of nitrogen functional groups attached to an aromatic ring is 1. The van der Waals surface area contributed by atoms with Gasteiger partial charge in [0.1, 0.15) is 11.5 Å². The van der Waals surface area contributed by atoms with Crippen LogP contribution in [0.2, 0.25) is 0 Å². The van der Waals surface area contributed by atoms with Crippen molar-refractivity contribution in [2.24, 2.45) is 0 Å². The SMILES string of the molecule is Nc1cn2nc(C#Cc3ccc(NC(=O)Nc4cccc(C(F)(F)F)c4)cc3)ccc2n1. The number of anilines is 3. The van der Waals surface area contributed by atoms with Crippen LogP contribution in [0.25, 0.3) is 5.65 Å². The number of fused-ring (bicyclic) bond motifs is 1. The molecule has 10 heteroatoms. The highest BCUT2D eigenvalue weighted by Gasteiger charge is 2.30. The number of carbonyl (C=O) groups is 1. The Kier molecular flexibility index (Phi) is 5.39. The summed E-state index contributed by atoms with van der Waals surface area (Å²) in [6.45, 7) is 0. The molecule has 0 spiro atoms. The molecule has 7 nitrogen and oxygen atoms in total. The molecule has 0 atom stereocenters. The van der Waals surface area contributed by atoms with Crippen LogP contribution in [0.1, 0.15) is 16.8 Å². The van der Waals surface area contributed by atoms with E-state index in [1.54, 1.807) is 42.6 Å². The Hall–Kier alpha value is -4.52. The normalized spacial score (nSPS) is 11.0. The van der Waals surface area contributed by atoms with Crippen LogP contribution in [0.4, 0.5) is 35.2 Å². The number of urea groups is 1. The quantitative estimate of drug-likeness (QED) is 0.407. The van der Waals surface area contributed by atoms with Gasteiger partial charge >= 0.3 is 12.2 Å². The summed E-state index contributed by atoms with van der Waals surface area (Å²) in [5.41, 5.74) is 7.10. The van der Waals surface area contributed by atoms with Crippen molar-refractivity contribution in [1.29, 1.82) is 0 Å². The van der Waals surface area contributed by atoms with E-state index in [1.807, 2.05) is 0 Å². The zero-order chi connectivity index (χ0) is 22.7. The maximum atomic E-state index is 12.8. The van der Waals surface area contributed by atoms with Crippen molar-refractivity contribution in [1.82, 2.24) is 14.6 Å². The molecule has 4 aromatic rings. The molecule has 0 aliphatic carbocycles. The molecule has 32 heavy (non-hydrogen) atoms. The first kappa shape index (κ1) is 20.7. The van der Waals surface area contributed by atoms with E-state index in [0.717, 1.165) is 12.1 Å². The summed E-state index contributed by atoms with van der Waals surface area (Å²) in [6.07, 6.45) is -2.90. The summed E-state index contributed by atoms with van der Waals surface area (Å²) >= 11 is 0. The number of hydrogen-bond acceptors (Lipinski definition) is 4. The second-order valence-electron chi connectivity index (χ2n) is 6.67. The van der Waals surface area contributed by atoms with Gasteiger partial charge in [0.05, 0.1) is 11.8 Å². The molecule has 0 fully saturated rings. The number of carbonyl (C=O) groups excluding carboxylic acids is 1. The summed E-state index contributed by atoms with van der Waals surface area (Å²) < 4.78 is 39.9. The van der Waals surface area contributed by atoms with Crippen molar-refractivity contribution in [2.75, 3.05) is 16.4 Å². The number of benzene rings is 2. The van der Waals surface area contributed by atoms with Crippen molar-refractivity contribution in [3.8, 4) is 11.8 Å². The second-order valence-corrected chi connectivity index (χ2v) is 6.67. The predicted molar refractivity (Wildman–Crippen MR) is 114 cm³/mol. The van der Waals surface area contributed by atoms with Crippen LogP contribution in [-0.2, 0) is 6.18 Å². The lowest BCUT2D eigenvalue weighted by Gasteiger charge is -2.10. The molecular formula is C22H15F3N6O. The maximum Gasteiger partial charge on any atom is 0.416 e. The number of nitrogens with one attached hydrogen (secondary N) is 2. The molecule has 160 valence electrons. The second kappa shape index (κ2) is 8.31. The molecule has 4 N–H and O–H groups in total. The van der Waals surface area contributed by atoms with Crippen LogP contribution in [0, 0.1) is 11.8 Å². The Morgan fingerprint density at radius 3 is 2.47 bits per heavy atom. The Balaban J connectivity index is 1.39. The summed E-state index contributed by atoms with van der Waals surface area (Å²) in [4.78, 5) is 16.2. The predicted octanol–water partition coefficient (Wildman–Crippen LogP) is 4.37. The number of hydrogen-bond donors (Lipinski definition) is 3. The van der Waals surface area contributed by atoms with E-state index in [9.17, 15) is 18.0 Å². The third kappa shape index (κ3) is 4.96. The third-order valence-corrected chi connectivity index (χ3v) is 4.26. The first-order valence-electron chi connectivity index (χ1n) is 9.25. The van der Waals surface area contributed by atoms with E-state index >= 15 is 0 Å². The molecular weight excluding hydrogens is 421 g/mol. The van der Waals surface area contributed by atoms with Crippen LogP contribution >= 0.6 is 0 Å². The van der Waals surface area contributed by atoms with Crippen molar-refractivity contribution in [2.45, 2.75) is 6.18 Å². The molecule has 2 aromatic carbocycles. The number of rotatable bonds is 2. The fraction of sp³-hybridized carbons (Fsp3) is 0.0455. The number of aromatic nitrogens is 3. The molecule has 0 aliphatic rings. The minimum atomic E-state index is -4.49. The molecule has 0 saturated heterocycles. The van der Waals surface area contributed by atoms with Crippen LogP contribution in [0.5, 0.6) is 0 Å². The van der Waals surface area contributed by atoms with E-state index in [4.69, 9.17) is 5.73 Å². The zero-order valence-corrected chi connectivity index (χ0v) is 16.3. The van der Waals surface area contributed by atoms with Gasteiger partial charge in [-0.05, 0) is 60.5 Å². The van der Waals surface area contributed by atoms with E-state index in [2.05, 4.69) is 32.6 Å². The molecule has 0 radical (unpaired) electrons. The topological polar surface area (TPSA) is 97.3 Å². The third-order valence-electron chi connectivity index (χ3n) is 4.26. The van der Waals surface area contributed by atoms with Crippen LogP contribution in [0.3, 0.4) is 0 Å². The Bertz CT molecular complexity index is 1350. The number of halogens is 3. The molecule has 0 aliphatic heterocycles. The van der Waals surface area contributed by atoms with Crippen LogP contribution in [-0.4, -0.2) is 20.6 Å². The average Bonchev–Trinajstić information content (AvgIpc) is 3.12. The summed E-state index contributed by atoms with van der Waals surface area (Å²) in [5, 5.41) is 9.23. The van der Waals surface area contributed by atoms with Gasteiger partial charge in [0, 0.05) is 16.9 Å². The summed E-state index contributed by atoms with van der Waals surface area (Å²) in [6, 6.07) is 13.8. The van der Waals surface area contributed by atoms with Crippen LogP contribution < -0.4 is 16.4 Å². The molecule has 2 aromatic heterocycles. The lowest BCUT2D eigenvalue weighted by atomic mass is 10.2. The first-order chi connectivity index (χ1) is 15.3. The number of imidazole rings is 1. The van der Waals surface area contributed by atoms with Gasteiger partial charge in [-0.25, -0.2) is 14.3 Å². The lowest BCUT2D eigenvalue weighted by molar-refractivity contribution is -0.137. The molecule has 0 unspecified atom stereocenters. The highest BCUT2D eigenvalue weighted by molar-refractivity contribution is 5.99. The zero-order valence-electron chi connectivity index (χ0n) is 16.3. The van der Waals surface area contributed by atoms with E-state index in [0.29, 0.717) is 28.4 Å². The number of alkyl halides is 3. The molecule has 0 saturated carbocycles. The molecule has 0 bridgehead atoms. The largest absolute Gasteiger partial charge is 0.416 e. The van der Waals surface area contributed by atoms with Gasteiger partial charge in [-0.15, -0.1) is 0 Å². The van der Waals surface area contributed by atoms with Gasteiger partial charge in [0.2, 0.25) is 0 Å². The minimum absolute atomic E-state index is 0.0314. The van der Waals surface area contributed by atoms with Crippen molar-refractivity contribution >= 4 is 28.9 Å². The summed E-state index contributed by atoms with van der Waals surface area (Å²) in [5.74, 6) is 6.26.